The predicted octanol–water partition coefficient (Wildman–Crippen LogP) is 1.31. The average molecular weight is 235 g/mol. The van der Waals surface area contributed by atoms with Crippen molar-refractivity contribution in [3.8, 4) is 5.75 Å². The van der Waals surface area contributed by atoms with Crippen LogP contribution >= 0.6 is 0 Å². The molecule has 4 rings (SSSR count). The van der Waals surface area contributed by atoms with E-state index in [-0.39, 0.29) is 6.10 Å². The number of fused-ring (bicyclic) bond motifs is 1. The largest absolute Gasteiger partial charge is 0.491 e. The van der Waals surface area contributed by atoms with E-state index in [1.54, 1.807) is 0 Å². The summed E-state index contributed by atoms with van der Waals surface area (Å²) in [6.45, 7) is 3.35. The Morgan fingerprint density at radius 3 is 2.53 bits per heavy atom. The van der Waals surface area contributed by atoms with Crippen LogP contribution in [0.3, 0.4) is 0 Å². The summed E-state index contributed by atoms with van der Waals surface area (Å²) in [4.78, 5) is 0. The van der Waals surface area contributed by atoms with Gasteiger partial charge in [-0.15, -0.1) is 0 Å². The van der Waals surface area contributed by atoms with E-state index in [2.05, 4.69) is 5.32 Å². The van der Waals surface area contributed by atoms with Gasteiger partial charge < -0.3 is 14.8 Å². The molecule has 17 heavy (non-hydrogen) atoms. The molecule has 3 aliphatic rings. The van der Waals surface area contributed by atoms with Crippen LogP contribution in [0.4, 0.5) is 5.69 Å². The van der Waals surface area contributed by atoms with Crippen LogP contribution in [0.15, 0.2) is 24.3 Å². The molecule has 1 atom stereocenters. The summed E-state index contributed by atoms with van der Waals surface area (Å²) in [7, 11) is 0. The monoisotopic (exact) mass is 235 g/mol. The van der Waals surface area contributed by atoms with E-state index in [1.165, 1.54) is 0 Å². The molecule has 90 valence electrons. The molecule has 5 heteroatoms. The Kier molecular flexibility index (Phi) is 1.67. The van der Waals surface area contributed by atoms with E-state index in [1.807, 2.05) is 31.2 Å². The highest BCUT2D eigenvalue weighted by atomic mass is 17.1. The van der Waals surface area contributed by atoms with E-state index in [4.69, 9.17) is 18.9 Å². The topological polar surface area (TPSA) is 58.9 Å². The summed E-state index contributed by atoms with van der Waals surface area (Å²) >= 11 is 0. The molecule has 3 saturated heterocycles. The Bertz CT molecular complexity index is 448. The molecule has 0 radical (unpaired) electrons. The Hall–Kier alpha value is -1.30. The molecular formula is C12H13NO4. The van der Waals surface area contributed by atoms with E-state index < -0.39 is 11.7 Å². The van der Waals surface area contributed by atoms with E-state index in [0.717, 1.165) is 18.0 Å². The molecule has 1 aromatic carbocycles. The van der Waals surface area contributed by atoms with Crippen LogP contribution in [-0.2, 0) is 14.2 Å². The standard InChI is InChI=1S/C12H13NO4/c1-11-12(16-11,17-11)13-8-2-4-9(5-3-8)14-6-10-7-15-10/h2-5,10,13H,6-7H2,1H3. The molecule has 0 saturated carbocycles. The van der Waals surface area contributed by atoms with Gasteiger partial charge >= 0.3 is 5.91 Å². The second-order valence-corrected chi connectivity index (χ2v) is 4.68. The van der Waals surface area contributed by atoms with Crippen LogP contribution in [-0.4, -0.2) is 31.0 Å². The van der Waals surface area contributed by atoms with Gasteiger partial charge in [-0.3, -0.25) is 9.47 Å². The lowest BCUT2D eigenvalue weighted by atomic mass is 10.3. The molecular weight excluding hydrogens is 222 g/mol. The minimum atomic E-state index is -0.558. The summed E-state index contributed by atoms with van der Waals surface area (Å²) in [5.74, 6) is -0.109. The van der Waals surface area contributed by atoms with Crippen molar-refractivity contribution in [1.29, 1.82) is 0 Å². The molecule has 1 aromatic rings. The molecule has 3 aliphatic heterocycles. The fraction of sp³-hybridized carbons (Fsp3) is 0.500. The first kappa shape index (κ1) is 9.70. The van der Waals surface area contributed by atoms with Crippen molar-refractivity contribution in [3.05, 3.63) is 24.3 Å². The van der Waals surface area contributed by atoms with Gasteiger partial charge in [0.25, 0.3) is 5.79 Å². The van der Waals surface area contributed by atoms with Gasteiger partial charge in [-0.2, -0.15) is 0 Å². The smallest absolute Gasteiger partial charge is 0.311 e. The lowest BCUT2D eigenvalue weighted by molar-refractivity contribution is -0.0774. The molecule has 0 aromatic heterocycles. The van der Waals surface area contributed by atoms with Crippen molar-refractivity contribution < 1.29 is 18.9 Å². The summed E-state index contributed by atoms with van der Waals surface area (Å²) in [5.41, 5.74) is 0.959. The van der Waals surface area contributed by atoms with Gasteiger partial charge in [-0.1, -0.05) is 0 Å². The zero-order valence-corrected chi connectivity index (χ0v) is 9.43. The molecule has 3 heterocycles. The van der Waals surface area contributed by atoms with Gasteiger partial charge in [0.05, 0.1) is 6.61 Å². The lowest BCUT2D eigenvalue weighted by Crippen LogP contribution is -2.12. The summed E-state index contributed by atoms with van der Waals surface area (Å²) in [6.07, 6.45) is 0.284. The Balaban J connectivity index is 1.37. The number of ether oxygens (including phenoxy) is 4. The van der Waals surface area contributed by atoms with E-state index in [0.29, 0.717) is 6.61 Å². The number of nitrogens with one attached hydrogen (secondary N) is 1. The number of epoxide rings is 3. The lowest BCUT2D eigenvalue weighted by Gasteiger charge is -2.07. The molecule has 0 aliphatic carbocycles. The van der Waals surface area contributed by atoms with E-state index in [9.17, 15) is 0 Å². The molecule has 0 amide bonds. The molecule has 1 unspecified atom stereocenters. The summed E-state index contributed by atoms with van der Waals surface area (Å²) in [6, 6.07) is 7.73. The van der Waals surface area contributed by atoms with Gasteiger partial charge in [-0.05, 0) is 31.2 Å². The zero-order chi connectivity index (χ0) is 11.5. The van der Waals surface area contributed by atoms with Crippen molar-refractivity contribution in [2.45, 2.75) is 24.7 Å². The predicted molar refractivity (Wildman–Crippen MR) is 58.6 cm³/mol. The van der Waals surface area contributed by atoms with Gasteiger partial charge in [0, 0.05) is 5.69 Å². The molecule has 1 N–H and O–H groups in total. The van der Waals surface area contributed by atoms with Gasteiger partial charge in [-0.25, -0.2) is 0 Å². The fourth-order valence-corrected chi connectivity index (χ4v) is 1.85. The van der Waals surface area contributed by atoms with Crippen LogP contribution in [0.25, 0.3) is 0 Å². The van der Waals surface area contributed by atoms with Crippen LogP contribution in [0.5, 0.6) is 5.75 Å². The third kappa shape index (κ3) is 1.58. The highest BCUT2D eigenvalue weighted by molar-refractivity contribution is 5.50. The number of hydrogen-bond donors (Lipinski definition) is 1. The maximum Gasteiger partial charge on any atom is 0.311 e. The number of anilines is 1. The first-order valence-electron chi connectivity index (χ1n) is 5.72. The number of benzene rings is 1. The highest BCUT2D eigenvalue weighted by Gasteiger charge is 2.89. The van der Waals surface area contributed by atoms with Crippen LogP contribution < -0.4 is 10.1 Å². The van der Waals surface area contributed by atoms with Crippen molar-refractivity contribution in [3.63, 3.8) is 0 Å². The zero-order valence-electron chi connectivity index (χ0n) is 9.43. The Labute approximate surface area is 98.6 Å². The highest BCUT2D eigenvalue weighted by Crippen LogP contribution is 2.66. The van der Waals surface area contributed by atoms with Crippen LogP contribution in [0.1, 0.15) is 6.92 Å². The van der Waals surface area contributed by atoms with Crippen LogP contribution in [0, 0.1) is 0 Å². The van der Waals surface area contributed by atoms with Gasteiger partial charge in [0.2, 0.25) is 0 Å². The molecule has 5 nitrogen and oxygen atoms in total. The maximum absolute atomic E-state index is 5.55. The first-order valence-corrected chi connectivity index (χ1v) is 5.72. The van der Waals surface area contributed by atoms with Crippen molar-refractivity contribution in [1.82, 2.24) is 0 Å². The molecule has 0 spiro atoms. The number of rotatable bonds is 5. The van der Waals surface area contributed by atoms with Crippen molar-refractivity contribution in [2.24, 2.45) is 0 Å². The van der Waals surface area contributed by atoms with E-state index >= 15 is 0 Å². The number of hydrogen-bond acceptors (Lipinski definition) is 5. The Morgan fingerprint density at radius 1 is 1.35 bits per heavy atom. The molecule has 3 fully saturated rings. The van der Waals surface area contributed by atoms with Crippen LogP contribution in [0.2, 0.25) is 0 Å². The average Bonchev–Trinajstić information content (AvgIpc) is 3.18. The SMILES string of the molecule is CC12OC1(Nc1ccc(OCC3CO3)cc1)O2. The first-order chi connectivity index (χ1) is 8.19. The second-order valence-electron chi connectivity index (χ2n) is 4.68. The maximum atomic E-state index is 5.55. The van der Waals surface area contributed by atoms with Gasteiger partial charge in [0.1, 0.15) is 18.5 Å². The minimum Gasteiger partial charge on any atom is -0.491 e. The van der Waals surface area contributed by atoms with Gasteiger partial charge in [0.15, 0.2) is 0 Å². The third-order valence-corrected chi connectivity index (χ3v) is 3.19. The third-order valence-electron chi connectivity index (χ3n) is 3.19. The second kappa shape index (κ2) is 2.93. The fourth-order valence-electron chi connectivity index (χ4n) is 1.85. The summed E-state index contributed by atoms with van der Waals surface area (Å²) < 4.78 is 21.3. The quantitative estimate of drug-likeness (QED) is 0.780. The normalized spacial score (nSPS) is 40.4. The minimum absolute atomic E-state index is 0.284. The van der Waals surface area contributed by atoms with Crippen molar-refractivity contribution in [2.75, 3.05) is 18.5 Å². The summed E-state index contributed by atoms with van der Waals surface area (Å²) in [5, 5.41) is 3.19. The van der Waals surface area contributed by atoms with Crippen molar-refractivity contribution >= 4 is 5.69 Å². The Morgan fingerprint density at radius 2 is 2.00 bits per heavy atom. The molecule has 0 bridgehead atoms.